The van der Waals surface area contributed by atoms with E-state index >= 15 is 0 Å². The van der Waals surface area contributed by atoms with Crippen LogP contribution in [0.2, 0.25) is 0 Å². The molecule has 0 aliphatic heterocycles. The molecule has 0 radical (unpaired) electrons. The summed E-state index contributed by atoms with van der Waals surface area (Å²) < 4.78 is 0. The second-order valence-electron chi connectivity index (χ2n) is 4.58. The smallest absolute Gasteiger partial charge is 0.141 e. The molecule has 0 aromatic heterocycles. The number of ketones is 1. The third kappa shape index (κ3) is 2.31. The lowest BCUT2D eigenvalue weighted by Gasteiger charge is -2.32. The van der Waals surface area contributed by atoms with Gasteiger partial charge in [-0.05, 0) is 25.2 Å². The molecule has 1 N–H and O–H groups in total. The fourth-order valence-corrected chi connectivity index (χ4v) is 2.67. The molecule has 86 valence electrons. The second-order valence-corrected chi connectivity index (χ2v) is 4.58. The summed E-state index contributed by atoms with van der Waals surface area (Å²) in [5.41, 5.74) is -0.489. The van der Waals surface area contributed by atoms with Crippen molar-refractivity contribution in [2.24, 2.45) is 11.3 Å². The average molecular weight is 210 g/mol. The number of rotatable bonds is 6. The topological polar surface area (TPSA) is 37.3 Å². The second kappa shape index (κ2) is 5.45. The number of hydrogen-bond donors (Lipinski definition) is 1. The average Bonchev–Trinajstić information content (AvgIpc) is 2.62. The number of allylic oxidation sites excluding steroid dienone is 1. The third-order valence-corrected chi connectivity index (χ3v) is 3.73. The van der Waals surface area contributed by atoms with Crippen molar-refractivity contribution in [3.63, 3.8) is 0 Å². The van der Waals surface area contributed by atoms with E-state index in [9.17, 15) is 9.90 Å². The molecule has 1 rings (SSSR count). The summed E-state index contributed by atoms with van der Waals surface area (Å²) in [6.07, 6.45) is 7.47. The van der Waals surface area contributed by atoms with Crippen LogP contribution >= 0.6 is 0 Å². The number of carbonyl (C=O) groups is 1. The summed E-state index contributed by atoms with van der Waals surface area (Å²) >= 11 is 0. The quantitative estimate of drug-likeness (QED) is 0.684. The van der Waals surface area contributed by atoms with E-state index in [0.717, 1.165) is 32.1 Å². The molecule has 2 heteroatoms. The molecule has 1 aliphatic carbocycles. The van der Waals surface area contributed by atoms with Crippen LogP contribution in [-0.4, -0.2) is 17.5 Å². The Morgan fingerprint density at radius 1 is 1.67 bits per heavy atom. The van der Waals surface area contributed by atoms with Crippen LogP contribution < -0.4 is 0 Å². The van der Waals surface area contributed by atoms with Gasteiger partial charge in [-0.2, -0.15) is 0 Å². The summed E-state index contributed by atoms with van der Waals surface area (Å²) in [7, 11) is 0. The van der Waals surface area contributed by atoms with Gasteiger partial charge in [0.15, 0.2) is 0 Å². The Morgan fingerprint density at radius 2 is 2.40 bits per heavy atom. The van der Waals surface area contributed by atoms with Crippen molar-refractivity contribution < 1.29 is 9.90 Å². The molecule has 0 aromatic carbocycles. The molecule has 0 amide bonds. The fourth-order valence-electron chi connectivity index (χ4n) is 2.67. The zero-order valence-electron chi connectivity index (χ0n) is 9.67. The first kappa shape index (κ1) is 12.4. The standard InChI is InChI=1S/C13H22O2/c1-3-5-7-11(4-2)13(10-14)9-6-8-12(13)15/h4,11,14H,2-3,5-10H2,1H3/t11-,13+/m0/s1. The highest BCUT2D eigenvalue weighted by atomic mass is 16.3. The van der Waals surface area contributed by atoms with E-state index in [-0.39, 0.29) is 18.3 Å². The van der Waals surface area contributed by atoms with Crippen LogP contribution in [0.4, 0.5) is 0 Å². The number of aliphatic hydroxyl groups is 1. The van der Waals surface area contributed by atoms with Crippen molar-refractivity contribution in [1.82, 2.24) is 0 Å². The molecule has 1 saturated carbocycles. The van der Waals surface area contributed by atoms with E-state index in [1.54, 1.807) is 0 Å². The largest absolute Gasteiger partial charge is 0.395 e. The highest BCUT2D eigenvalue weighted by molar-refractivity contribution is 5.87. The number of unbranched alkanes of at least 4 members (excludes halogenated alkanes) is 1. The lowest BCUT2D eigenvalue weighted by molar-refractivity contribution is -0.130. The van der Waals surface area contributed by atoms with E-state index in [4.69, 9.17) is 0 Å². The van der Waals surface area contributed by atoms with E-state index in [1.807, 2.05) is 6.08 Å². The van der Waals surface area contributed by atoms with Crippen LogP contribution in [0, 0.1) is 11.3 Å². The van der Waals surface area contributed by atoms with Crippen LogP contribution in [-0.2, 0) is 4.79 Å². The lowest BCUT2D eigenvalue weighted by atomic mass is 9.71. The van der Waals surface area contributed by atoms with Crippen molar-refractivity contribution in [2.75, 3.05) is 6.61 Å². The number of carbonyl (C=O) groups excluding carboxylic acids is 1. The van der Waals surface area contributed by atoms with Crippen molar-refractivity contribution >= 4 is 5.78 Å². The highest BCUT2D eigenvalue weighted by Gasteiger charge is 2.45. The molecule has 1 aliphatic rings. The van der Waals surface area contributed by atoms with Crippen molar-refractivity contribution in [2.45, 2.75) is 45.4 Å². The molecule has 0 unspecified atom stereocenters. The predicted octanol–water partition coefficient (Wildman–Crippen LogP) is 2.71. The van der Waals surface area contributed by atoms with Crippen LogP contribution in [0.25, 0.3) is 0 Å². The Morgan fingerprint density at radius 3 is 2.80 bits per heavy atom. The molecule has 0 bridgehead atoms. The Labute approximate surface area is 92.4 Å². The SMILES string of the molecule is C=C[C@@H](CCCC)[C@]1(CO)CCCC1=O. The van der Waals surface area contributed by atoms with Gasteiger partial charge in [0.25, 0.3) is 0 Å². The van der Waals surface area contributed by atoms with Crippen LogP contribution in [0.3, 0.4) is 0 Å². The van der Waals surface area contributed by atoms with Gasteiger partial charge in [0.1, 0.15) is 5.78 Å². The van der Waals surface area contributed by atoms with E-state index in [1.165, 1.54) is 0 Å². The van der Waals surface area contributed by atoms with E-state index in [2.05, 4.69) is 13.5 Å². The van der Waals surface area contributed by atoms with Crippen molar-refractivity contribution in [3.8, 4) is 0 Å². The maximum atomic E-state index is 11.9. The van der Waals surface area contributed by atoms with Crippen LogP contribution in [0.15, 0.2) is 12.7 Å². The Bertz CT molecular complexity index is 235. The zero-order valence-corrected chi connectivity index (χ0v) is 9.67. The van der Waals surface area contributed by atoms with Gasteiger partial charge in [0.2, 0.25) is 0 Å². The van der Waals surface area contributed by atoms with Gasteiger partial charge in [-0.1, -0.05) is 25.8 Å². The predicted molar refractivity (Wildman–Crippen MR) is 61.6 cm³/mol. The monoisotopic (exact) mass is 210 g/mol. The van der Waals surface area contributed by atoms with Gasteiger partial charge in [0.05, 0.1) is 12.0 Å². The highest BCUT2D eigenvalue weighted by Crippen LogP contribution is 2.43. The van der Waals surface area contributed by atoms with Gasteiger partial charge < -0.3 is 5.11 Å². The summed E-state index contributed by atoms with van der Waals surface area (Å²) in [5, 5.41) is 9.52. The molecule has 1 fully saturated rings. The first-order chi connectivity index (χ1) is 7.21. The van der Waals surface area contributed by atoms with Gasteiger partial charge >= 0.3 is 0 Å². The Balaban J connectivity index is 2.77. The first-order valence-electron chi connectivity index (χ1n) is 5.98. The zero-order chi connectivity index (χ0) is 11.3. The summed E-state index contributed by atoms with van der Waals surface area (Å²) in [6.45, 7) is 5.96. The van der Waals surface area contributed by atoms with E-state index < -0.39 is 5.41 Å². The minimum atomic E-state index is -0.489. The van der Waals surface area contributed by atoms with Gasteiger partial charge in [0, 0.05) is 6.42 Å². The van der Waals surface area contributed by atoms with Crippen molar-refractivity contribution in [1.29, 1.82) is 0 Å². The molecular weight excluding hydrogens is 188 g/mol. The molecule has 2 nitrogen and oxygen atoms in total. The minimum absolute atomic E-state index is 0.00770. The number of aliphatic hydroxyl groups excluding tert-OH is 1. The molecule has 15 heavy (non-hydrogen) atoms. The maximum Gasteiger partial charge on any atom is 0.141 e. The van der Waals surface area contributed by atoms with Crippen LogP contribution in [0.1, 0.15) is 45.4 Å². The van der Waals surface area contributed by atoms with E-state index in [0.29, 0.717) is 6.42 Å². The molecule has 0 saturated heterocycles. The van der Waals surface area contributed by atoms with Gasteiger partial charge in [-0.3, -0.25) is 4.79 Å². The summed E-state index contributed by atoms with van der Waals surface area (Å²) in [5.74, 6) is 0.406. The van der Waals surface area contributed by atoms with Crippen molar-refractivity contribution in [3.05, 3.63) is 12.7 Å². The summed E-state index contributed by atoms with van der Waals surface area (Å²) in [6, 6.07) is 0. The lowest BCUT2D eigenvalue weighted by Crippen LogP contribution is -2.37. The number of hydrogen-bond acceptors (Lipinski definition) is 2. The fraction of sp³-hybridized carbons (Fsp3) is 0.769. The normalized spacial score (nSPS) is 28.0. The Kier molecular flexibility index (Phi) is 4.52. The van der Waals surface area contributed by atoms with Gasteiger partial charge in [-0.15, -0.1) is 6.58 Å². The molecule has 0 heterocycles. The van der Waals surface area contributed by atoms with Gasteiger partial charge in [-0.25, -0.2) is 0 Å². The molecule has 0 spiro atoms. The Hall–Kier alpha value is -0.630. The first-order valence-corrected chi connectivity index (χ1v) is 5.98. The maximum absolute atomic E-state index is 11.9. The molecular formula is C13H22O2. The molecule has 0 aromatic rings. The summed E-state index contributed by atoms with van der Waals surface area (Å²) in [4.78, 5) is 11.9. The van der Waals surface area contributed by atoms with Crippen LogP contribution in [0.5, 0.6) is 0 Å². The molecule has 2 atom stereocenters. The number of Topliss-reactive ketones (excluding diaryl/α,β-unsaturated/α-hetero) is 1. The third-order valence-electron chi connectivity index (χ3n) is 3.73. The minimum Gasteiger partial charge on any atom is -0.395 e.